The lowest BCUT2D eigenvalue weighted by Crippen LogP contribution is -2.45. The van der Waals surface area contributed by atoms with Gasteiger partial charge in [0.15, 0.2) is 5.03 Å². The second-order valence-electron chi connectivity index (χ2n) is 4.13. The first-order valence-corrected chi connectivity index (χ1v) is 7.62. The summed E-state index contributed by atoms with van der Waals surface area (Å²) < 4.78 is 26.6. The van der Waals surface area contributed by atoms with Gasteiger partial charge in [0.2, 0.25) is 5.91 Å². The lowest BCUT2D eigenvalue weighted by Gasteiger charge is -2.15. The van der Waals surface area contributed by atoms with Crippen LogP contribution in [0.15, 0.2) is 23.4 Å². The average molecular weight is 301 g/mol. The van der Waals surface area contributed by atoms with Gasteiger partial charge in [-0.3, -0.25) is 10.6 Å². The second-order valence-corrected chi connectivity index (χ2v) is 5.76. The number of sulfonamides is 1. The Hall–Kier alpha value is -1.71. The number of hydrogen-bond acceptors (Lipinski definition) is 6. The van der Waals surface area contributed by atoms with Crippen molar-refractivity contribution in [3.63, 3.8) is 0 Å². The largest absolute Gasteiger partial charge is 0.355 e. The van der Waals surface area contributed by atoms with Crippen LogP contribution in [0.4, 0.5) is 5.69 Å². The van der Waals surface area contributed by atoms with E-state index in [1.807, 2.05) is 6.92 Å². The van der Waals surface area contributed by atoms with Crippen LogP contribution in [0.3, 0.4) is 0 Å². The van der Waals surface area contributed by atoms with Crippen LogP contribution < -0.4 is 21.3 Å². The minimum absolute atomic E-state index is 0.154. The molecule has 8 nitrogen and oxygen atoms in total. The van der Waals surface area contributed by atoms with Crippen LogP contribution in [-0.4, -0.2) is 31.9 Å². The van der Waals surface area contributed by atoms with Crippen molar-refractivity contribution >= 4 is 21.6 Å². The number of carbonyl (C=O) groups is 1. The molecule has 0 aliphatic carbocycles. The predicted octanol–water partition coefficient (Wildman–Crippen LogP) is -0.440. The lowest BCUT2D eigenvalue weighted by atomic mass is 10.3. The maximum atomic E-state index is 12.2. The van der Waals surface area contributed by atoms with E-state index in [0.717, 1.165) is 6.42 Å². The molecule has 0 spiro atoms. The molecule has 5 N–H and O–H groups in total. The number of nitrogens with zero attached hydrogens (tertiary/aromatic N) is 1. The number of pyridine rings is 1. The Kier molecular flexibility index (Phi) is 5.86. The van der Waals surface area contributed by atoms with Crippen molar-refractivity contribution in [2.75, 3.05) is 12.0 Å². The summed E-state index contributed by atoms with van der Waals surface area (Å²) in [5, 5.41) is 2.36. The maximum absolute atomic E-state index is 12.2. The van der Waals surface area contributed by atoms with Gasteiger partial charge >= 0.3 is 0 Å². The summed E-state index contributed by atoms with van der Waals surface area (Å²) in [6, 6.07) is 2.12. The van der Waals surface area contributed by atoms with Gasteiger partial charge in [0.05, 0.1) is 11.7 Å². The fourth-order valence-corrected chi connectivity index (χ4v) is 2.76. The summed E-state index contributed by atoms with van der Waals surface area (Å²) in [4.78, 5) is 15.4. The number of amides is 1. The Morgan fingerprint density at radius 3 is 2.80 bits per heavy atom. The van der Waals surface area contributed by atoms with Crippen LogP contribution in [-0.2, 0) is 14.8 Å². The van der Waals surface area contributed by atoms with Gasteiger partial charge in [-0.25, -0.2) is 13.4 Å². The van der Waals surface area contributed by atoms with Crippen molar-refractivity contribution in [2.45, 2.75) is 31.3 Å². The number of aromatic nitrogens is 1. The quantitative estimate of drug-likeness (QED) is 0.399. The number of nitrogen functional groups attached to an aromatic ring is 1. The highest BCUT2D eigenvalue weighted by Crippen LogP contribution is 2.16. The monoisotopic (exact) mass is 301 g/mol. The molecule has 1 atom stereocenters. The molecule has 0 aliphatic heterocycles. The topological polar surface area (TPSA) is 126 Å². The molecule has 0 aliphatic rings. The molecule has 9 heteroatoms. The third-order valence-corrected chi connectivity index (χ3v) is 3.95. The minimum Gasteiger partial charge on any atom is -0.355 e. The number of rotatable bonds is 7. The fourth-order valence-electron chi connectivity index (χ4n) is 1.46. The van der Waals surface area contributed by atoms with Crippen LogP contribution in [0.2, 0.25) is 0 Å². The van der Waals surface area contributed by atoms with Gasteiger partial charge in [-0.15, -0.1) is 0 Å². The first-order valence-electron chi connectivity index (χ1n) is 6.14. The highest BCUT2D eigenvalue weighted by atomic mass is 32.2. The number of hydrogen-bond donors (Lipinski definition) is 4. The normalized spacial score (nSPS) is 12.8. The standard InChI is InChI=1S/C11H19N5O3S/c1-3-6-13-10(17)8(2)16-20(18,19)11-9(15-12)5-4-7-14-11/h4-5,7-8,15-16H,3,6,12H2,1-2H3,(H,13,17). The molecule has 1 heterocycles. The molecule has 0 aromatic carbocycles. The molecule has 0 fully saturated rings. The SMILES string of the molecule is CCCNC(=O)C(C)NS(=O)(=O)c1ncccc1NN. The van der Waals surface area contributed by atoms with E-state index in [4.69, 9.17) is 5.84 Å². The summed E-state index contributed by atoms with van der Waals surface area (Å²) in [6.45, 7) is 3.85. The molecule has 1 unspecified atom stereocenters. The molecule has 1 amide bonds. The van der Waals surface area contributed by atoms with Crippen molar-refractivity contribution in [3.8, 4) is 0 Å². The third-order valence-electron chi connectivity index (χ3n) is 2.46. The van der Waals surface area contributed by atoms with E-state index < -0.39 is 22.0 Å². The van der Waals surface area contributed by atoms with Gasteiger partial charge in [0.1, 0.15) is 0 Å². The molecule has 1 rings (SSSR count). The van der Waals surface area contributed by atoms with Crippen molar-refractivity contribution in [2.24, 2.45) is 5.84 Å². The van der Waals surface area contributed by atoms with Gasteiger partial charge in [-0.1, -0.05) is 6.92 Å². The smallest absolute Gasteiger partial charge is 0.260 e. The van der Waals surface area contributed by atoms with E-state index >= 15 is 0 Å². The third kappa shape index (κ3) is 4.15. The van der Waals surface area contributed by atoms with E-state index in [0.29, 0.717) is 6.54 Å². The molecular weight excluding hydrogens is 282 g/mol. The fraction of sp³-hybridized carbons (Fsp3) is 0.455. The van der Waals surface area contributed by atoms with Crippen molar-refractivity contribution in [3.05, 3.63) is 18.3 Å². The number of nitrogens with one attached hydrogen (secondary N) is 3. The van der Waals surface area contributed by atoms with E-state index in [2.05, 4.69) is 20.4 Å². The molecule has 20 heavy (non-hydrogen) atoms. The molecule has 112 valence electrons. The molecule has 0 bridgehead atoms. The maximum Gasteiger partial charge on any atom is 0.260 e. The Bertz CT molecular complexity index is 561. The van der Waals surface area contributed by atoms with Crippen molar-refractivity contribution < 1.29 is 13.2 Å². The van der Waals surface area contributed by atoms with Crippen LogP contribution >= 0.6 is 0 Å². The zero-order valence-electron chi connectivity index (χ0n) is 11.4. The Labute approximate surface area is 118 Å². The van der Waals surface area contributed by atoms with Crippen molar-refractivity contribution in [1.82, 2.24) is 15.0 Å². The van der Waals surface area contributed by atoms with Gasteiger partial charge in [-0.05, 0) is 25.5 Å². The zero-order valence-corrected chi connectivity index (χ0v) is 12.2. The average Bonchev–Trinajstić information content (AvgIpc) is 2.44. The Balaban J connectivity index is 2.87. The van der Waals surface area contributed by atoms with Gasteiger partial charge in [-0.2, -0.15) is 4.72 Å². The van der Waals surface area contributed by atoms with Gasteiger partial charge < -0.3 is 10.7 Å². The summed E-state index contributed by atoms with van der Waals surface area (Å²) in [5.41, 5.74) is 2.41. The summed E-state index contributed by atoms with van der Waals surface area (Å²) in [7, 11) is -3.94. The molecule has 0 saturated heterocycles. The lowest BCUT2D eigenvalue weighted by molar-refractivity contribution is -0.122. The van der Waals surface area contributed by atoms with Crippen molar-refractivity contribution in [1.29, 1.82) is 0 Å². The Morgan fingerprint density at radius 2 is 2.20 bits per heavy atom. The number of anilines is 1. The van der Waals surface area contributed by atoms with Gasteiger partial charge in [0.25, 0.3) is 10.0 Å². The molecule has 1 aromatic rings. The summed E-state index contributed by atoms with van der Waals surface area (Å²) >= 11 is 0. The van der Waals surface area contributed by atoms with Crippen LogP contribution in [0.1, 0.15) is 20.3 Å². The molecule has 1 aromatic heterocycles. The summed E-state index contributed by atoms with van der Waals surface area (Å²) in [6.07, 6.45) is 2.10. The first-order chi connectivity index (χ1) is 9.42. The number of hydrazine groups is 1. The molecular formula is C11H19N5O3S. The van der Waals surface area contributed by atoms with Crippen LogP contribution in [0.5, 0.6) is 0 Å². The molecule has 0 saturated carbocycles. The van der Waals surface area contributed by atoms with E-state index in [-0.39, 0.29) is 10.7 Å². The second kappa shape index (κ2) is 7.17. The van der Waals surface area contributed by atoms with Crippen LogP contribution in [0.25, 0.3) is 0 Å². The molecule has 0 radical (unpaired) electrons. The van der Waals surface area contributed by atoms with E-state index in [1.54, 1.807) is 6.07 Å². The minimum atomic E-state index is -3.94. The zero-order chi connectivity index (χ0) is 15.2. The van der Waals surface area contributed by atoms with Gasteiger partial charge in [0, 0.05) is 12.7 Å². The summed E-state index contributed by atoms with van der Waals surface area (Å²) in [5.74, 6) is 4.85. The Morgan fingerprint density at radius 1 is 1.50 bits per heavy atom. The first kappa shape index (κ1) is 16.3. The van der Waals surface area contributed by atoms with E-state index in [9.17, 15) is 13.2 Å². The number of carbonyl (C=O) groups excluding carboxylic acids is 1. The van der Waals surface area contributed by atoms with E-state index in [1.165, 1.54) is 19.2 Å². The number of nitrogens with two attached hydrogens (primary N) is 1. The predicted molar refractivity (Wildman–Crippen MR) is 75.1 cm³/mol. The highest BCUT2D eigenvalue weighted by molar-refractivity contribution is 7.89. The highest BCUT2D eigenvalue weighted by Gasteiger charge is 2.25. The van der Waals surface area contributed by atoms with Crippen LogP contribution in [0, 0.1) is 0 Å².